The zero-order valence-electron chi connectivity index (χ0n) is 13.7. The summed E-state index contributed by atoms with van der Waals surface area (Å²) in [5, 5.41) is 0.674. The number of hydrogen-bond donors (Lipinski definition) is 1. The average Bonchev–Trinajstić information content (AvgIpc) is 2.36. The van der Waals surface area contributed by atoms with E-state index in [-0.39, 0.29) is 17.5 Å². The van der Waals surface area contributed by atoms with Crippen LogP contribution in [0.1, 0.15) is 26.3 Å². The maximum atomic E-state index is 12.5. The first kappa shape index (κ1) is 17.3. The molecule has 1 amide bonds. The highest BCUT2D eigenvalue weighted by atomic mass is 35.5. The number of piperazine rings is 1. The Balaban J connectivity index is 1.92. The summed E-state index contributed by atoms with van der Waals surface area (Å²) in [7, 11) is 0. The summed E-state index contributed by atoms with van der Waals surface area (Å²) >= 11 is 5.98. The molecule has 1 heterocycles. The molecule has 2 rings (SSSR count). The van der Waals surface area contributed by atoms with Gasteiger partial charge in [0.1, 0.15) is 0 Å². The van der Waals surface area contributed by atoms with Gasteiger partial charge in [-0.2, -0.15) is 0 Å². The molecule has 5 heteroatoms. The van der Waals surface area contributed by atoms with Crippen LogP contribution in [0, 0.1) is 0 Å². The first-order chi connectivity index (χ1) is 10.2. The highest BCUT2D eigenvalue weighted by molar-refractivity contribution is 6.30. The van der Waals surface area contributed by atoms with Crippen LogP contribution in [0.15, 0.2) is 24.3 Å². The predicted octanol–water partition coefficient (Wildman–Crippen LogP) is 2.15. The lowest BCUT2D eigenvalue weighted by atomic mass is 10.0. The van der Waals surface area contributed by atoms with E-state index < -0.39 is 0 Å². The summed E-state index contributed by atoms with van der Waals surface area (Å²) in [6.45, 7) is 9.55. The maximum Gasteiger partial charge on any atom is 0.227 e. The fourth-order valence-electron chi connectivity index (χ4n) is 3.05. The topological polar surface area (TPSA) is 49.6 Å². The Kier molecular flexibility index (Phi) is 5.48. The van der Waals surface area contributed by atoms with Crippen LogP contribution in [-0.2, 0) is 11.2 Å². The third kappa shape index (κ3) is 4.97. The van der Waals surface area contributed by atoms with Gasteiger partial charge in [-0.05, 0) is 38.5 Å². The Morgan fingerprint density at radius 1 is 1.41 bits per heavy atom. The zero-order valence-corrected chi connectivity index (χ0v) is 14.4. The highest BCUT2D eigenvalue weighted by Crippen LogP contribution is 2.16. The van der Waals surface area contributed by atoms with Gasteiger partial charge in [0.25, 0.3) is 0 Å². The molecule has 0 aliphatic carbocycles. The van der Waals surface area contributed by atoms with Crippen LogP contribution >= 0.6 is 11.6 Å². The van der Waals surface area contributed by atoms with E-state index in [2.05, 4.69) is 11.8 Å². The normalized spacial score (nSPS) is 20.2. The number of amides is 1. The summed E-state index contributed by atoms with van der Waals surface area (Å²) in [5.41, 5.74) is 6.85. The van der Waals surface area contributed by atoms with Gasteiger partial charge in [-0.15, -0.1) is 0 Å². The van der Waals surface area contributed by atoms with Crippen molar-refractivity contribution in [1.82, 2.24) is 9.80 Å². The molecule has 2 N–H and O–H groups in total. The molecule has 1 saturated heterocycles. The van der Waals surface area contributed by atoms with Gasteiger partial charge in [-0.3, -0.25) is 9.69 Å². The van der Waals surface area contributed by atoms with Crippen LogP contribution in [0.2, 0.25) is 5.02 Å². The fourth-order valence-corrected chi connectivity index (χ4v) is 3.26. The van der Waals surface area contributed by atoms with E-state index in [1.54, 1.807) is 0 Å². The monoisotopic (exact) mass is 323 g/mol. The minimum atomic E-state index is -0.202. The van der Waals surface area contributed by atoms with Gasteiger partial charge in [0.05, 0.1) is 6.42 Å². The van der Waals surface area contributed by atoms with Crippen molar-refractivity contribution in [3.8, 4) is 0 Å². The van der Waals surface area contributed by atoms with Gasteiger partial charge in [0.15, 0.2) is 0 Å². The molecule has 122 valence electrons. The van der Waals surface area contributed by atoms with E-state index >= 15 is 0 Å². The van der Waals surface area contributed by atoms with Crippen LogP contribution < -0.4 is 5.73 Å². The van der Waals surface area contributed by atoms with Crippen LogP contribution in [0.4, 0.5) is 0 Å². The fraction of sp³-hybridized carbons (Fsp3) is 0.588. The van der Waals surface area contributed by atoms with Crippen LogP contribution in [-0.4, -0.2) is 53.5 Å². The summed E-state index contributed by atoms with van der Waals surface area (Å²) in [6, 6.07) is 7.72. The third-order valence-corrected chi connectivity index (χ3v) is 4.14. The Hall–Kier alpha value is -1.10. The molecular formula is C17H26ClN3O. The lowest BCUT2D eigenvalue weighted by Crippen LogP contribution is -2.57. The molecule has 1 aromatic rings. The smallest absolute Gasteiger partial charge is 0.227 e. The van der Waals surface area contributed by atoms with Crippen molar-refractivity contribution in [1.29, 1.82) is 0 Å². The second-order valence-corrected chi connectivity index (χ2v) is 7.40. The Morgan fingerprint density at radius 2 is 2.14 bits per heavy atom. The van der Waals surface area contributed by atoms with Crippen molar-refractivity contribution < 1.29 is 4.79 Å². The minimum Gasteiger partial charge on any atom is -0.337 e. The molecule has 22 heavy (non-hydrogen) atoms. The van der Waals surface area contributed by atoms with Crippen LogP contribution in [0.3, 0.4) is 0 Å². The van der Waals surface area contributed by atoms with E-state index in [4.69, 9.17) is 17.3 Å². The standard InChI is InChI=1S/C17H26ClN3O/c1-13-11-20(12-17(2,3)19)7-8-21(13)16(22)10-14-5-4-6-15(18)9-14/h4-6,9,13H,7-8,10-12,19H2,1-3H3. The van der Waals surface area contributed by atoms with Crippen LogP contribution in [0.5, 0.6) is 0 Å². The third-order valence-electron chi connectivity index (χ3n) is 3.91. The number of carbonyl (C=O) groups excluding carboxylic acids is 1. The number of nitrogens with two attached hydrogens (primary N) is 1. The molecule has 1 unspecified atom stereocenters. The Bertz CT molecular complexity index is 527. The maximum absolute atomic E-state index is 12.5. The van der Waals surface area contributed by atoms with Gasteiger partial charge in [0, 0.05) is 42.8 Å². The SMILES string of the molecule is CC1CN(CC(C)(C)N)CCN1C(=O)Cc1cccc(Cl)c1. The molecule has 1 aliphatic rings. The molecule has 0 spiro atoms. The lowest BCUT2D eigenvalue weighted by molar-refractivity contribution is -0.135. The van der Waals surface area contributed by atoms with Crippen molar-refractivity contribution in [2.24, 2.45) is 5.73 Å². The average molecular weight is 324 g/mol. The van der Waals surface area contributed by atoms with E-state index in [0.29, 0.717) is 11.4 Å². The van der Waals surface area contributed by atoms with Crippen molar-refractivity contribution in [3.63, 3.8) is 0 Å². The second kappa shape index (κ2) is 6.99. The molecule has 0 saturated carbocycles. The Labute approximate surface area is 138 Å². The molecule has 4 nitrogen and oxygen atoms in total. The number of benzene rings is 1. The molecule has 0 bridgehead atoms. The van der Waals surface area contributed by atoms with Gasteiger partial charge < -0.3 is 10.6 Å². The molecule has 1 fully saturated rings. The van der Waals surface area contributed by atoms with E-state index in [0.717, 1.165) is 31.7 Å². The first-order valence-corrected chi connectivity index (χ1v) is 8.17. The molecule has 1 aromatic carbocycles. The summed E-state index contributed by atoms with van der Waals surface area (Å²) in [4.78, 5) is 16.8. The largest absolute Gasteiger partial charge is 0.337 e. The number of hydrogen-bond acceptors (Lipinski definition) is 3. The second-order valence-electron chi connectivity index (χ2n) is 6.97. The van der Waals surface area contributed by atoms with Crippen molar-refractivity contribution >= 4 is 17.5 Å². The number of nitrogens with zero attached hydrogens (tertiary/aromatic N) is 2. The summed E-state index contributed by atoms with van der Waals surface area (Å²) in [5.74, 6) is 0.168. The Morgan fingerprint density at radius 3 is 2.73 bits per heavy atom. The highest BCUT2D eigenvalue weighted by Gasteiger charge is 2.29. The lowest BCUT2D eigenvalue weighted by Gasteiger charge is -2.42. The van der Waals surface area contributed by atoms with Gasteiger partial charge >= 0.3 is 0 Å². The predicted molar refractivity (Wildman–Crippen MR) is 91.0 cm³/mol. The molecule has 0 radical (unpaired) electrons. The van der Waals surface area contributed by atoms with Gasteiger partial charge in [-0.1, -0.05) is 23.7 Å². The van der Waals surface area contributed by atoms with Crippen molar-refractivity contribution in [3.05, 3.63) is 34.9 Å². The van der Waals surface area contributed by atoms with Crippen molar-refractivity contribution in [2.75, 3.05) is 26.2 Å². The quantitative estimate of drug-likeness (QED) is 0.923. The number of rotatable bonds is 4. The first-order valence-electron chi connectivity index (χ1n) is 7.80. The number of carbonyl (C=O) groups is 1. The summed E-state index contributed by atoms with van der Waals surface area (Å²) in [6.07, 6.45) is 0.410. The summed E-state index contributed by atoms with van der Waals surface area (Å²) < 4.78 is 0. The minimum absolute atomic E-state index is 0.168. The van der Waals surface area contributed by atoms with Gasteiger partial charge in [-0.25, -0.2) is 0 Å². The molecule has 0 aromatic heterocycles. The molecular weight excluding hydrogens is 298 g/mol. The van der Waals surface area contributed by atoms with E-state index in [9.17, 15) is 4.79 Å². The van der Waals surface area contributed by atoms with E-state index in [1.807, 2.05) is 43.0 Å². The van der Waals surface area contributed by atoms with Crippen LogP contribution in [0.25, 0.3) is 0 Å². The zero-order chi connectivity index (χ0) is 16.3. The van der Waals surface area contributed by atoms with E-state index in [1.165, 1.54) is 0 Å². The van der Waals surface area contributed by atoms with Gasteiger partial charge in [0.2, 0.25) is 5.91 Å². The molecule has 1 atom stereocenters. The molecule has 1 aliphatic heterocycles. The number of halogens is 1. The van der Waals surface area contributed by atoms with Crippen molar-refractivity contribution in [2.45, 2.75) is 38.8 Å².